The predicted molar refractivity (Wildman–Crippen MR) is 41.2 cm³/mol. The number of nitrogens with two attached hydrogens (primary N) is 1. The van der Waals surface area contributed by atoms with Crippen LogP contribution in [0.4, 0.5) is 0 Å². The second-order valence-corrected chi connectivity index (χ2v) is 2.64. The van der Waals surface area contributed by atoms with Crippen LogP contribution in [-0.4, -0.2) is 24.2 Å². The Labute approximate surface area is 60.0 Å². The van der Waals surface area contributed by atoms with Gasteiger partial charge in [-0.3, -0.25) is 0 Å². The molecule has 1 unspecified atom stereocenters. The van der Waals surface area contributed by atoms with Crippen LogP contribution in [-0.2, 0) is 0 Å². The summed E-state index contributed by atoms with van der Waals surface area (Å²) in [5.41, 5.74) is 5.26. The first-order chi connectivity index (χ1) is 4.29. The van der Waals surface area contributed by atoms with Crippen molar-refractivity contribution in [3.05, 3.63) is 0 Å². The van der Waals surface area contributed by atoms with Gasteiger partial charge in [0.25, 0.3) is 0 Å². The Morgan fingerprint density at radius 2 is 2.56 bits per heavy atom. The largest absolute Gasteiger partial charge is 0.376 e. The van der Waals surface area contributed by atoms with Crippen LogP contribution in [0, 0.1) is 0 Å². The molecule has 0 bridgehead atoms. The first-order valence-electron chi connectivity index (χ1n) is 3.06. The highest BCUT2D eigenvalue weighted by molar-refractivity contribution is 7.80. The van der Waals surface area contributed by atoms with Gasteiger partial charge in [-0.2, -0.15) is 0 Å². The Morgan fingerprint density at radius 3 is 3.00 bits per heavy atom. The molecule has 1 aliphatic rings. The zero-order valence-corrected chi connectivity index (χ0v) is 6.00. The quantitative estimate of drug-likeness (QED) is 0.422. The summed E-state index contributed by atoms with van der Waals surface area (Å²) in [7, 11) is 0. The van der Waals surface area contributed by atoms with Crippen LogP contribution in [0.2, 0.25) is 0 Å². The van der Waals surface area contributed by atoms with Gasteiger partial charge >= 0.3 is 0 Å². The van der Waals surface area contributed by atoms with Gasteiger partial charge in [0, 0.05) is 12.6 Å². The third-order valence-corrected chi connectivity index (χ3v) is 1.52. The van der Waals surface area contributed by atoms with E-state index in [2.05, 4.69) is 22.9 Å². The molecule has 0 aromatic heterocycles. The average Bonchev–Trinajstić information content (AvgIpc) is 2.15. The minimum absolute atomic E-state index is 0.406. The fourth-order valence-corrected chi connectivity index (χ4v) is 1.15. The van der Waals surface area contributed by atoms with Gasteiger partial charge in [0.15, 0.2) is 5.11 Å². The molecule has 4 N–H and O–H groups in total. The number of nitrogens with one attached hydrogen (secondary N) is 2. The van der Waals surface area contributed by atoms with Gasteiger partial charge in [-0.05, 0) is 25.2 Å². The SMILES string of the molecule is NC(=S)NC1CCNC1. The van der Waals surface area contributed by atoms with Gasteiger partial charge in [0.1, 0.15) is 0 Å². The monoisotopic (exact) mass is 145 g/mol. The molecule has 3 nitrogen and oxygen atoms in total. The maximum absolute atomic E-state index is 5.26. The molecule has 0 aromatic carbocycles. The van der Waals surface area contributed by atoms with Crippen LogP contribution >= 0.6 is 12.2 Å². The minimum Gasteiger partial charge on any atom is -0.376 e. The van der Waals surface area contributed by atoms with Crippen LogP contribution in [0.3, 0.4) is 0 Å². The molecule has 0 radical (unpaired) electrons. The van der Waals surface area contributed by atoms with Crippen molar-refractivity contribution in [1.82, 2.24) is 10.6 Å². The second kappa shape index (κ2) is 2.98. The molecule has 1 fully saturated rings. The molecule has 0 spiro atoms. The Morgan fingerprint density at radius 1 is 1.78 bits per heavy atom. The molecule has 1 rings (SSSR count). The second-order valence-electron chi connectivity index (χ2n) is 2.20. The topological polar surface area (TPSA) is 50.1 Å². The predicted octanol–water partition coefficient (Wildman–Crippen LogP) is -0.819. The number of thiocarbonyl (C=S) groups is 1. The fourth-order valence-electron chi connectivity index (χ4n) is 0.979. The Hall–Kier alpha value is -0.350. The zero-order chi connectivity index (χ0) is 6.69. The third kappa shape index (κ3) is 2.15. The van der Waals surface area contributed by atoms with Gasteiger partial charge < -0.3 is 16.4 Å². The van der Waals surface area contributed by atoms with E-state index >= 15 is 0 Å². The molecule has 52 valence electrons. The molecule has 1 atom stereocenters. The van der Waals surface area contributed by atoms with Gasteiger partial charge in [-0.1, -0.05) is 0 Å². The van der Waals surface area contributed by atoms with Crippen molar-refractivity contribution < 1.29 is 0 Å². The van der Waals surface area contributed by atoms with Crippen LogP contribution in [0.25, 0.3) is 0 Å². The van der Waals surface area contributed by atoms with E-state index < -0.39 is 0 Å². The van der Waals surface area contributed by atoms with Crippen molar-refractivity contribution in [2.45, 2.75) is 12.5 Å². The normalized spacial score (nSPS) is 26.0. The van der Waals surface area contributed by atoms with E-state index in [0.717, 1.165) is 19.5 Å². The summed E-state index contributed by atoms with van der Waals surface area (Å²) in [6.45, 7) is 2.05. The lowest BCUT2D eigenvalue weighted by molar-refractivity contribution is 0.666. The van der Waals surface area contributed by atoms with Crippen LogP contribution in [0.5, 0.6) is 0 Å². The van der Waals surface area contributed by atoms with Crippen LogP contribution in [0.1, 0.15) is 6.42 Å². The standard InChI is InChI=1S/C5H11N3S/c6-5(9)8-4-1-2-7-3-4/h4,7H,1-3H2,(H3,6,8,9). The maximum Gasteiger partial charge on any atom is 0.163 e. The molecule has 0 saturated carbocycles. The van der Waals surface area contributed by atoms with Gasteiger partial charge in [0.2, 0.25) is 0 Å². The maximum atomic E-state index is 5.26. The molecule has 1 heterocycles. The molecule has 0 aromatic rings. The van der Waals surface area contributed by atoms with E-state index in [1.165, 1.54) is 0 Å². The van der Waals surface area contributed by atoms with Crippen LogP contribution in [0.15, 0.2) is 0 Å². The summed E-state index contributed by atoms with van der Waals surface area (Å²) >= 11 is 4.67. The summed E-state index contributed by atoms with van der Waals surface area (Å²) in [6.07, 6.45) is 1.12. The van der Waals surface area contributed by atoms with Crippen molar-refractivity contribution >= 4 is 17.3 Å². The first-order valence-corrected chi connectivity index (χ1v) is 3.46. The molecular formula is C5H11N3S. The van der Waals surface area contributed by atoms with E-state index in [0.29, 0.717) is 11.2 Å². The molecule has 0 aliphatic carbocycles. The first kappa shape index (κ1) is 6.77. The van der Waals surface area contributed by atoms with E-state index in [9.17, 15) is 0 Å². The fraction of sp³-hybridized carbons (Fsp3) is 0.800. The molecule has 9 heavy (non-hydrogen) atoms. The van der Waals surface area contributed by atoms with E-state index in [1.807, 2.05) is 0 Å². The summed E-state index contributed by atoms with van der Waals surface area (Å²) < 4.78 is 0. The molecular weight excluding hydrogens is 134 g/mol. The minimum atomic E-state index is 0.406. The third-order valence-electron chi connectivity index (χ3n) is 1.41. The summed E-state index contributed by atoms with van der Waals surface area (Å²) in [5, 5.41) is 6.59. The zero-order valence-electron chi connectivity index (χ0n) is 5.18. The lowest BCUT2D eigenvalue weighted by atomic mass is 10.3. The van der Waals surface area contributed by atoms with E-state index in [1.54, 1.807) is 0 Å². The highest BCUT2D eigenvalue weighted by Crippen LogP contribution is 1.95. The molecule has 1 saturated heterocycles. The number of hydrogen-bond donors (Lipinski definition) is 3. The Kier molecular flexibility index (Phi) is 2.24. The summed E-state index contributed by atoms with van der Waals surface area (Å²) in [4.78, 5) is 0. The van der Waals surface area contributed by atoms with E-state index in [-0.39, 0.29) is 0 Å². The van der Waals surface area contributed by atoms with Crippen LogP contribution < -0.4 is 16.4 Å². The number of rotatable bonds is 1. The highest BCUT2D eigenvalue weighted by Gasteiger charge is 2.12. The summed E-state index contributed by atoms with van der Waals surface area (Å²) in [5.74, 6) is 0. The lowest BCUT2D eigenvalue weighted by Crippen LogP contribution is -2.39. The van der Waals surface area contributed by atoms with Crippen molar-refractivity contribution in [2.24, 2.45) is 5.73 Å². The Bertz CT molecular complexity index is 109. The number of hydrogen-bond acceptors (Lipinski definition) is 2. The molecule has 1 aliphatic heterocycles. The smallest absolute Gasteiger partial charge is 0.163 e. The van der Waals surface area contributed by atoms with Gasteiger partial charge in [0.05, 0.1) is 0 Å². The Balaban J connectivity index is 2.19. The summed E-state index contributed by atoms with van der Waals surface area (Å²) in [6, 6.07) is 0.461. The van der Waals surface area contributed by atoms with Crippen molar-refractivity contribution in [3.63, 3.8) is 0 Å². The molecule has 4 heteroatoms. The van der Waals surface area contributed by atoms with Crippen molar-refractivity contribution in [3.8, 4) is 0 Å². The van der Waals surface area contributed by atoms with E-state index in [4.69, 9.17) is 5.73 Å². The average molecular weight is 145 g/mol. The highest BCUT2D eigenvalue weighted by atomic mass is 32.1. The van der Waals surface area contributed by atoms with Gasteiger partial charge in [-0.25, -0.2) is 0 Å². The van der Waals surface area contributed by atoms with Gasteiger partial charge in [-0.15, -0.1) is 0 Å². The van der Waals surface area contributed by atoms with Crippen molar-refractivity contribution in [2.75, 3.05) is 13.1 Å². The molecule has 0 amide bonds. The lowest BCUT2D eigenvalue weighted by Gasteiger charge is -2.08. The van der Waals surface area contributed by atoms with Crippen molar-refractivity contribution in [1.29, 1.82) is 0 Å².